The topological polar surface area (TPSA) is 41.6 Å². The molecule has 20 heavy (non-hydrogen) atoms. The van der Waals surface area contributed by atoms with Gasteiger partial charge in [-0.3, -0.25) is 4.79 Å². The highest BCUT2D eigenvalue weighted by Crippen LogP contribution is 2.24. The van der Waals surface area contributed by atoms with Gasteiger partial charge >= 0.3 is 0 Å². The number of halogens is 1. The number of nitrogens with one attached hydrogen (secondary N) is 1. The van der Waals surface area contributed by atoms with Gasteiger partial charge in [-0.1, -0.05) is 18.5 Å². The van der Waals surface area contributed by atoms with Gasteiger partial charge in [-0.05, 0) is 38.1 Å². The van der Waals surface area contributed by atoms with E-state index in [4.69, 9.17) is 16.3 Å². The number of hydrogen-bond acceptors (Lipinski definition) is 3. The van der Waals surface area contributed by atoms with Crippen LogP contribution < -0.4 is 10.1 Å². The Hall–Kier alpha value is -1.26. The Balaban J connectivity index is 2.80. The van der Waals surface area contributed by atoms with Crippen molar-refractivity contribution in [3.8, 4) is 5.75 Å². The number of rotatable bonds is 7. The van der Waals surface area contributed by atoms with E-state index < -0.39 is 6.10 Å². The molecule has 0 saturated carbocycles. The molecule has 1 atom stereocenters. The maximum Gasteiger partial charge on any atom is 0.262 e. The van der Waals surface area contributed by atoms with Crippen LogP contribution in [0.3, 0.4) is 0 Å². The molecule has 4 nitrogen and oxygen atoms in total. The van der Waals surface area contributed by atoms with E-state index in [0.717, 1.165) is 18.5 Å². The molecule has 0 spiro atoms. The van der Waals surface area contributed by atoms with Crippen LogP contribution in [0, 0.1) is 0 Å². The molecular weight excluding hydrogens is 276 g/mol. The highest BCUT2D eigenvalue weighted by Gasteiger charge is 2.18. The maximum absolute atomic E-state index is 11.8. The number of amides is 1. The van der Waals surface area contributed by atoms with Crippen LogP contribution in [0.5, 0.6) is 5.75 Å². The Morgan fingerprint density at radius 2 is 2.15 bits per heavy atom. The summed E-state index contributed by atoms with van der Waals surface area (Å²) < 4.78 is 5.76. The third-order valence-corrected chi connectivity index (χ3v) is 3.09. The fraction of sp³-hybridized carbons (Fsp3) is 0.533. The van der Waals surface area contributed by atoms with Crippen molar-refractivity contribution >= 4 is 17.5 Å². The van der Waals surface area contributed by atoms with E-state index >= 15 is 0 Å². The molecule has 0 aliphatic heterocycles. The molecule has 0 aliphatic rings. The van der Waals surface area contributed by atoms with Crippen LogP contribution in [0.1, 0.15) is 25.8 Å². The van der Waals surface area contributed by atoms with Crippen LogP contribution in [0.2, 0.25) is 5.02 Å². The van der Waals surface area contributed by atoms with E-state index in [1.807, 2.05) is 12.1 Å². The third-order valence-electron chi connectivity index (χ3n) is 2.86. The normalized spacial score (nSPS) is 12.1. The largest absolute Gasteiger partial charge is 0.481 e. The monoisotopic (exact) mass is 298 g/mol. The highest BCUT2D eigenvalue weighted by atomic mass is 35.5. The van der Waals surface area contributed by atoms with Gasteiger partial charge in [-0.25, -0.2) is 0 Å². The van der Waals surface area contributed by atoms with Crippen LogP contribution >= 0.6 is 11.6 Å². The molecule has 0 heterocycles. The van der Waals surface area contributed by atoms with Crippen molar-refractivity contribution in [3.05, 3.63) is 28.8 Å². The Bertz CT molecular complexity index is 449. The first-order chi connectivity index (χ1) is 9.45. The van der Waals surface area contributed by atoms with Gasteiger partial charge in [0.05, 0.1) is 0 Å². The lowest BCUT2D eigenvalue weighted by Gasteiger charge is -2.20. The fourth-order valence-electron chi connectivity index (χ4n) is 1.81. The number of benzene rings is 1. The number of carbonyl (C=O) groups excluding carboxylic acids is 1. The number of likely N-dealkylation sites (N-methyl/N-ethyl adjacent to an activating group) is 1. The van der Waals surface area contributed by atoms with Gasteiger partial charge in [-0.15, -0.1) is 0 Å². The van der Waals surface area contributed by atoms with Crippen molar-refractivity contribution in [3.63, 3.8) is 0 Å². The van der Waals surface area contributed by atoms with Crippen molar-refractivity contribution in [2.45, 2.75) is 32.9 Å². The van der Waals surface area contributed by atoms with Gasteiger partial charge in [0.15, 0.2) is 6.10 Å². The second kappa shape index (κ2) is 8.12. The number of hydrogen-bond donors (Lipinski definition) is 1. The summed E-state index contributed by atoms with van der Waals surface area (Å²) in [6.07, 6.45) is 0.544. The summed E-state index contributed by atoms with van der Waals surface area (Å²) >= 11 is 6.02. The first-order valence-electron chi connectivity index (χ1n) is 6.82. The molecule has 1 N–H and O–H groups in total. The molecule has 0 aromatic heterocycles. The molecule has 0 aliphatic carbocycles. The Labute approximate surface area is 126 Å². The summed E-state index contributed by atoms with van der Waals surface area (Å²) in [4.78, 5) is 13.4. The molecule has 1 aromatic carbocycles. The zero-order chi connectivity index (χ0) is 15.1. The molecule has 1 amide bonds. The smallest absolute Gasteiger partial charge is 0.262 e. The lowest BCUT2D eigenvalue weighted by Crippen LogP contribution is -2.35. The number of nitrogens with zero attached hydrogens (tertiary/aromatic N) is 1. The molecule has 1 aromatic rings. The predicted molar refractivity (Wildman–Crippen MR) is 82.2 cm³/mol. The lowest BCUT2D eigenvalue weighted by atomic mass is 10.2. The second-order valence-electron chi connectivity index (χ2n) is 4.92. The summed E-state index contributed by atoms with van der Waals surface area (Å²) in [6.45, 7) is 5.46. The minimum absolute atomic E-state index is 0.0626. The second-order valence-corrected chi connectivity index (χ2v) is 5.36. The standard InChI is InChI=1S/C15H23ClN2O2/c1-5-8-17-10-12-9-13(16)6-7-14(12)20-11(2)15(19)18(3)4/h6-7,9,11,17H,5,8,10H2,1-4H3. The van der Waals surface area contributed by atoms with E-state index in [2.05, 4.69) is 12.2 Å². The predicted octanol–water partition coefficient (Wildman–Crippen LogP) is 2.70. The van der Waals surface area contributed by atoms with E-state index in [-0.39, 0.29) is 5.91 Å². The average molecular weight is 299 g/mol. The molecule has 0 radical (unpaired) electrons. The first-order valence-corrected chi connectivity index (χ1v) is 7.20. The first kappa shape index (κ1) is 16.8. The van der Waals surface area contributed by atoms with Gasteiger partial charge in [0.2, 0.25) is 0 Å². The van der Waals surface area contributed by atoms with Crippen LogP contribution in [0.4, 0.5) is 0 Å². The quantitative estimate of drug-likeness (QED) is 0.787. The maximum atomic E-state index is 11.8. The van der Waals surface area contributed by atoms with Crippen molar-refractivity contribution in [1.82, 2.24) is 10.2 Å². The molecule has 112 valence electrons. The molecule has 0 bridgehead atoms. The fourth-order valence-corrected chi connectivity index (χ4v) is 2.00. The highest BCUT2D eigenvalue weighted by molar-refractivity contribution is 6.30. The summed E-state index contributed by atoms with van der Waals surface area (Å²) in [5, 5.41) is 3.97. The molecule has 0 fully saturated rings. The van der Waals surface area contributed by atoms with Gasteiger partial charge < -0.3 is 15.0 Å². The summed E-state index contributed by atoms with van der Waals surface area (Å²) in [5.74, 6) is 0.633. The van der Waals surface area contributed by atoms with Crippen molar-refractivity contribution in [2.75, 3.05) is 20.6 Å². The Kier molecular flexibility index (Phi) is 6.82. The summed E-state index contributed by atoms with van der Waals surface area (Å²) in [5.41, 5.74) is 0.962. The van der Waals surface area contributed by atoms with Gasteiger partial charge in [-0.2, -0.15) is 0 Å². The molecule has 5 heteroatoms. The Morgan fingerprint density at radius 1 is 1.45 bits per heavy atom. The third kappa shape index (κ3) is 5.02. The van der Waals surface area contributed by atoms with E-state index in [9.17, 15) is 4.79 Å². The number of ether oxygens (including phenoxy) is 1. The molecule has 1 rings (SSSR count). The van der Waals surface area contributed by atoms with Crippen LogP contribution in [-0.4, -0.2) is 37.6 Å². The van der Waals surface area contributed by atoms with E-state index in [0.29, 0.717) is 17.3 Å². The van der Waals surface area contributed by atoms with E-state index in [1.165, 1.54) is 4.90 Å². The minimum Gasteiger partial charge on any atom is -0.481 e. The van der Waals surface area contributed by atoms with E-state index in [1.54, 1.807) is 27.1 Å². The molecular formula is C15H23ClN2O2. The number of carbonyl (C=O) groups is 1. The summed E-state index contributed by atoms with van der Waals surface area (Å²) in [7, 11) is 3.43. The van der Waals surface area contributed by atoms with Crippen molar-refractivity contribution < 1.29 is 9.53 Å². The van der Waals surface area contributed by atoms with Crippen molar-refractivity contribution in [1.29, 1.82) is 0 Å². The van der Waals surface area contributed by atoms with Gasteiger partial charge in [0, 0.05) is 31.2 Å². The average Bonchev–Trinajstić information content (AvgIpc) is 2.40. The zero-order valence-electron chi connectivity index (χ0n) is 12.6. The van der Waals surface area contributed by atoms with Gasteiger partial charge in [0.25, 0.3) is 5.91 Å². The SMILES string of the molecule is CCCNCc1cc(Cl)ccc1OC(C)C(=O)N(C)C. The zero-order valence-corrected chi connectivity index (χ0v) is 13.3. The van der Waals surface area contributed by atoms with Crippen LogP contribution in [-0.2, 0) is 11.3 Å². The minimum atomic E-state index is -0.517. The molecule has 1 unspecified atom stereocenters. The summed E-state index contributed by atoms with van der Waals surface area (Å²) in [6, 6.07) is 5.45. The van der Waals surface area contributed by atoms with Crippen molar-refractivity contribution in [2.24, 2.45) is 0 Å². The van der Waals surface area contributed by atoms with Crippen LogP contribution in [0.15, 0.2) is 18.2 Å². The Morgan fingerprint density at radius 3 is 2.75 bits per heavy atom. The molecule has 0 saturated heterocycles. The van der Waals surface area contributed by atoms with Crippen LogP contribution in [0.25, 0.3) is 0 Å². The lowest BCUT2D eigenvalue weighted by molar-refractivity contribution is -0.135. The van der Waals surface area contributed by atoms with Gasteiger partial charge in [0.1, 0.15) is 5.75 Å².